The van der Waals surface area contributed by atoms with Crippen LogP contribution in [0.25, 0.3) is 0 Å². The number of nitrogens with zero attached hydrogens (tertiary/aromatic N) is 1. The molecule has 0 aliphatic heterocycles. The number of rotatable bonds is 43. The second-order valence-corrected chi connectivity index (χ2v) is 19.2. The van der Waals surface area contributed by atoms with E-state index in [9.17, 15) is 14.7 Å². The van der Waals surface area contributed by atoms with Crippen LogP contribution in [-0.2, 0) is 19.1 Å². The number of unbranched alkanes of at least 4 members (excludes halogenated alkanes) is 22. The second-order valence-electron chi connectivity index (χ2n) is 19.2. The standard InChI is InChI=1S/C51H99NO5/c1-6-9-12-15-18-21-27-37-48(54)56-46-50(4,5)38-28-24-31-43-52(44-32-33-45-53)42-30-23-22-29-39-51(40-34-41-51)49(55)57-47(35-25-19-16-13-10-7-2)36-26-20-17-14-11-8-3/h47,53H,6-46H2,1-5H3. The Labute approximate surface area is 355 Å². The van der Waals surface area contributed by atoms with Crippen LogP contribution >= 0.6 is 0 Å². The molecule has 0 aromatic rings. The summed E-state index contributed by atoms with van der Waals surface area (Å²) in [5.74, 6) is 0.107. The predicted molar refractivity (Wildman–Crippen MR) is 244 cm³/mol. The molecular formula is C51H99NO5. The van der Waals surface area contributed by atoms with E-state index in [2.05, 4.69) is 39.5 Å². The monoisotopic (exact) mass is 806 g/mol. The topological polar surface area (TPSA) is 76.1 Å². The molecule has 0 radical (unpaired) electrons. The molecule has 0 unspecified atom stereocenters. The molecule has 1 N–H and O–H groups in total. The Hall–Kier alpha value is -1.14. The Morgan fingerprint density at radius 3 is 1.56 bits per heavy atom. The molecule has 1 saturated carbocycles. The number of ether oxygens (including phenoxy) is 2. The summed E-state index contributed by atoms with van der Waals surface area (Å²) in [6.07, 6.45) is 42.3. The van der Waals surface area contributed by atoms with Crippen LogP contribution in [0.2, 0.25) is 0 Å². The quantitative estimate of drug-likeness (QED) is 0.0489. The van der Waals surface area contributed by atoms with Crippen molar-refractivity contribution in [2.75, 3.05) is 32.8 Å². The smallest absolute Gasteiger partial charge is 0.312 e. The van der Waals surface area contributed by atoms with Gasteiger partial charge in [-0.2, -0.15) is 0 Å². The Bertz CT molecular complexity index is 901. The second kappa shape index (κ2) is 36.7. The van der Waals surface area contributed by atoms with Gasteiger partial charge in [-0.25, -0.2) is 0 Å². The molecule has 0 spiro atoms. The number of aliphatic hydroxyl groups is 1. The number of carbonyl (C=O) groups is 2. The summed E-state index contributed by atoms with van der Waals surface area (Å²) in [5.41, 5.74) is -0.186. The van der Waals surface area contributed by atoms with Crippen LogP contribution in [-0.4, -0.2) is 60.9 Å². The zero-order chi connectivity index (χ0) is 41.7. The Morgan fingerprint density at radius 1 is 0.596 bits per heavy atom. The molecule has 0 atom stereocenters. The van der Waals surface area contributed by atoms with Crippen LogP contribution in [0.1, 0.15) is 266 Å². The van der Waals surface area contributed by atoms with E-state index < -0.39 is 0 Å². The molecular weight excluding hydrogens is 707 g/mol. The van der Waals surface area contributed by atoms with E-state index in [0.29, 0.717) is 13.0 Å². The van der Waals surface area contributed by atoms with Crippen molar-refractivity contribution >= 4 is 11.9 Å². The fraction of sp³-hybridized carbons (Fsp3) is 0.961. The number of hydrogen-bond acceptors (Lipinski definition) is 6. The molecule has 0 saturated heterocycles. The van der Waals surface area contributed by atoms with E-state index >= 15 is 0 Å². The predicted octanol–water partition coefficient (Wildman–Crippen LogP) is 14.9. The van der Waals surface area contributed by atoms with Crippen LogP contribution in [0.5, 0.6) is 0 Å². The van der Waals surface area contributed by atoms with Crippen molar-refractivity contribution in [3.63, 3.8) is 0 Å². The van der Waals surface area contributed by atoms with Gasteiger partial charge in [-0.3, -0.25) is 9.59 Å². The Kier molecular flexibility index (Phi) is 34.7. The van der Waals surface area contributed by atoms with E-state index in [1.807, 2.05) is 0 Å². The van der Waals surface area contributed by atoms with Crippen LogP contribution in [0.15, 0.2) is 0 Å². The largest absolute Gasteiger partial charge is 0.465 e. The van der Waals surface area contributed by atoms with Gasteiger partial charge < -0.3 is 19.5 Å². The Balaban J connectivity index is 2.38. The molecule has 1 rings (SSSR count). The van der Waals surface area contributed by atoms with E-state index in [1.165, 1.54) is 148 Å². The van der Waals surface area contributed by atoms with Crippen molar-refractivity contribution in [2.45, 2.75) is 272 Å². The minimum Gasteiger partial charge on any atom is -0.465 e. The molecule has 1 aliphatic carbocycles. The van der Waals surface area contributed by atoms with Gasteiger partial charge in [0, 0.05) is 13.0 Å². The van der Waals surface area contributed by atoms with Crippen LogP contribution in [0.3, 0.4) is 0 Å². The van der Waals surface area contributed by atoms with Gasteiger partial charge in [0.1, 0.15) is 6.10 Å². The zero-order valence-electron chi connectivity index (χ0n) is 39.1. The molecule has 0 heterocycles. The van der Waals surface area contributed by atoms with Gasteiger partial charge in [0.2, 0.25) is 0 Å². The van der Waals surface area contributed by atoms with E-state index in [4.69, 9.17) is 9.47 Å². The highest BCUT2D eigenvalue weighted by Crippen LogP contribution is 2.47. The Morgan fingerprint density at radius 2 is 1.05 bits per heavy atom. The third-order valence-corrected chi connectivity index (χ3v) is 13.0. The zero-order valence-corrected chi connectivity index (χ0v) is 39.1. The highest BCUT2D eigenvalue weighted by atomic mass is 16.5. The van der Waals surface area contributed by atoms with E-state index in [1.54, 1.807) is 0 Å². The summed E-state index contributed by atoms with van der Waals surface area (Å²) in [4.78, 5) is 28.6. The van der Waals surface area contributed by atoms with Gasteiger partial charge in [0.05, 0.1) is 12.0 Å². The minimum absolute atomic E-state index is 0.0221. The van der Waals surface area contributed by atoms with Crippen molar-refractivity contribution in [2.24, 2.45) is 10.8 Å². The van der Waals surface area contributed by atoms with Gasteiger partial charge in [0.15, 0.2) is 0 Å². The molecule has 1 fully saturated rings. The maximum absolute atomic E-state index is 13.7. The number of hydrogen-bond donors (Lipinski definition) is 1. The van der Waals surface area contributed by atoms with E-state index in [0.717, 1.165) is 96.7 Å². The molecule has 6 heteroatoms. The lowest BCUT2D eigenvalue weighted by Gasteiger charge is -2.40. The van der Waals surface area contributed by atoms with Gasteiger partial charge >= 0.3 is 11.9 Å². The van der Waals surface area contributed by atoms with Gasteiger partial charge in [0.25, 0.3) is 0 Å². The molecule has 6 nitrogen and oxygen atoms in total. The summed E-state index contributed by atoms with van der Waals surface area (Å²) in [6.45, 7) is 15.4. The first-order valence-electron chi connectivity index (χ1n) is 25.4. The summed E-state index contributed by atoms with van der Waals surface area (Å²) < 4.78 is 12.1. The lowest BCUT2D eigenvalue weighted by molar-refractivity contribution is -0.169. The summed E-state index contributed by atoms with van der Waals surface area (Å²) in [5, 5.41) is 9.39. The van der Waals surface area contributed by atoms with E-state index in [-0.39, 0.29) is 35.5 Å². The molecule has 0 bridgehead atoms. The van der Waals surface area contributed by atoms with Crippen molar-refractivity contribution < 1.29 is 24.2 Å². The SMILES string of the molecule is CCCCCCCCCC(=O)OCC(C)(C)CCCCCN(CCCCO)CCCCCCC1(C(=O)OC(CCCCCCCC)CCCCCCCC)CCC1. The number of esters is 2. The van der Waals surface area contributed by atoms with Crippen molar-refractivity contribution in [1.82, 2.24) is 4.90 Å². The maximum atomic E-state index is 13.7. The fourth-order valence-corrected chi connectivity index (χ4v) is 8.70. The third-order valence-electron chi connectivity index (χ3n) is 13.0. The first-order chi connectivity index (χ1) is 27.7. The lowest BCUT2D eigenvalue weighted by atomic mass is 9.66. The number of aliphatic hydroxyl groups excluding tert-OH is 1. The third kappa shape index (κ3) is 29.7. The number of carbonyl (C=O) groups excluding carboxylic acids is 2. The van der Waals surface area contributed by atoms with Crippen molar-refractivity contribution in [3.05, 3.63) is 0 Å². The van der Waals surface area contributed by atoms with Gasteiger partial charge in [-0.05, 0) is 109 Å². The van der Waals surface area contributed by atoms with Gasteiger partial charge in [-0.15, -0.1) is 0 Å². The average molecular weight is 806 g/mol. The molecule has 57 heavy (non-hydrogen) atoms. The summed E-state index contributed by atoms with van der Waals surface area (Å²) in [6, 6.07) is 0. The summed E-state index contributed by atoms with van der Waals surface area (Å²) in [7, 11) is 0. The normalized spacial score (nSPS) is 14.0. The summed E-state index contributed by atoms with van der Waals surface area (Å²) >= 11 is 0. The minimum atomic E-state index is -0.208. The van der Waals surface area contributed by atoms with Crippen molar-refractivity contribution in [1.29, 1.82) is 0 Å². The average Bonchev–Trinajstić information content (AvgIpc) is 3.17. The highest BCUT2D eigenvalue weighted by Gasteiger charge is 2.45. The fourth-order valence-electron chi connectivity index (χ4n) is 8.70. The molecule has 0 aromatic carbocycles. The van der Waals surface area contributed by atoms with Crippen molar-refractivity contribution in [3.8, 4) is 0 Å². The molecule has 1 aliphatic rings. The van der Waals surface area contributed by atoms with Crippen LogP contribution in [0, 0.1) is 10.8 Å². The first-order valence-corrected chi connectivity index (χ1v) is 25.4. The van der Waals surface area contributed by atoms with Gasteiger partial charge in [-0.1, -0.05) is 176 Å². The molecule has 338 valence electrons. The highest BCUT2D eigenvalue weighted by molar-refractivity contribution is 5.78. The molecule has 0 amide bonds. The first kappa shape index (κ1) is 53.9. The lowest BCUT2D eigenvalue weighted by Crippen LogP contribution is -2.41. The van der Waals surface area contributed by atoms with Crippen LogP contribution < -0.4 is 0 Å². The van der Waals surface area contributed by atoms with Crippen LogP contribution in [0.4, 0.5) is 0 Å². The maximum Gasteiger partial charge on any atom is 0.312 e. The molecule has 0 aromatic heterocycles.